The number of carbonyl (C=O) groups is 1. The number of nitrogens with one attached hydrogen (secondary N) is 1. The predicted molar refractivity (Wildman–Crippen MR) is 97.5 cm³/mol. The molecule has 1 unspecified atom stereocenters. The molecule has 0 spiro atoms. The minimum atomic E-state index is -0.455. The lowest BCUT2D eigenvalue weighted by Gasteiger charge is -2.19. The molecule has 130 valence electrons. The lowest BCUT2D eigenvalue weighted by Crippen LogP contribution is -2.22. The smallest absolute Gasteiger partial charge is 0.237 e. The van der Waals surface area contributed by atoms with Gasteiger partial charge in [0.25, 0.3) is 0 Å². The van der Waals surface area contributed by atoms with Crippen molar-refractivity contribution in [3.05, 3.63) is 53.8 Å². The summed E-state index contributed by atoms with van der Waals surface area (Å²) in [6, 6.07) is 12.3. The van der Waals surface area contributed by atoms with Crippen molar-refractivity contribution in [2.24, 2.45) is 4.99 Å². The van der Waals surface area contributed by atoms with Crippen molar-refractivity contribution in [3.63, 3.8) is 0 Å². The Labute approximate surface area is 146 Å². The number of hydrogen-bond acceptors (Lipinski definition) is 4. The number of para-hydroxylation sites is 1. The van der Waals surface area contributed by atoms with E-state index in [9.17, 15) is 9.18 Å². The molecule has 0 bridgehead atoms. The summed E-state index contributed by atoms with van der Waals surface area (Å²) in [5.41, 5.74) is 2.64. The molecule has 5 nitrogen and oxygen atoms in total. The minimum Gasteiger partial charge on any atom is -0.383 e. The van der Waals surface area contributed by atoms with E-state index in [0.29, 0.717) is 24.5 Å². The van der Waals surface area contributed by atoms with E-state index in [4.69, 9.17) is 4.74 Å². The van der Waals surface area contributed by atoms with Crippen molar-refractivity contribution in [2.45, 2.75) is 5.92 Å². The molecular formula is C19H20FN3O2. The van der Waals surface area contributed by atoms with Gasteiger partial charge in [-0.1, -0.05) is 18.2 Å². The molecule has 3 rings (SSSR count). The Morgan fingerprint density at radius 1 is 1.32 bits per heavy atom. The molecule has 0 aromatic heterocycles. The average Bonchev–Trinajstić information content (AvgIpc) is 2.93. The molecule has 1 N–H and O–H groups in total. The Bertz CT molecular complexity index is 807. The van der Waals surface area contributed by atoms with E-state index in [0.717, 1.165) is 11.3 Å². The van der Waals surface area contributed by atoms with Crippen molar-refractivity contribution in [2.75, 3.05) is 37.5 Å². The highest BCUT2D eigenvalue weighted by Gasteiger charge is 2.28. The lowest BCUT2D eigenvalue weighted by atomic mass is 10.0. The van der Waals surface area contributed by atoms with Gasteiger partial charge in [0.15, 0.2) is 0 Å². The van der Waals surface area contributed by atoms with Gasteiger partial charge in [-0.25, -0.2) is 4.39 Å². The summed E-state index contributed by atoms with van der Waals surface area (Å²) in [7, 11) is 3.42. The molecule has 25 heavy (non-hydrogen) atoms. The van der Waals surface area contributed by atoms with Crippen LogP contribution in [0.4, 0.5) is 21.5 Å². The van der Waals surface area contributed by atoms with E-state index in [1.165, 1.54) is 6.07 Å². The van der Waals surface area contributed by atoms with Crippen LogP contribution in [0.25, 0.3) is 0 Å². The first-order valence-electron chi connectivity index (χ1n) is 8.03. The van der Waals surface area contributed by atoms with Gasteiger partial charge in [0.2, 0.25) is 5.91 Å². The predicted octanol–water partition coefficient (Wildman–Crippen LogP) is 3.35. The van der Waals surface area contributed by atoms with E-state index in [1.807, 2.05) is 24.3 Å². The van der Waals surface area contributed by atoms with Crippen LogP contribution in [0.15, 0.2) is 47.5 Å². The van der Waals surface area contributed by atoms with Gasteiger partial charge in [0.1, 0.15) is 11.7 Å². The Hall–Kier alpha value is -2.73. The minimum absolute atomic E-state index is 0.124. The topological polar surface area (TPSA) is 53.9 Å². The third-order valence-corrected chi connectivity index (χ3v) is 4.18. The van der Waals surface area contributed by atoms with Gasteiger partial charge in [-0.3, -0.25) is 9.79 Å². The lowest BCUT2D eigenvalue weighted by molar-refractivity contribution is -0.115. The first kappa shape index (κ1) is 17.1. The van der Waals surface area contributed by atoms with E-state index in [-0.39, 0.29) is 11.7 Å². The second-order valence-corrected chi connectivity index (χ2v) is 5.88. The Morgan fingerprint density at radius 3 is 2.88 bits per heavy atom. The monoisotopic (exact) mass is 341 g/mol. The molecule has 6 heteroatoms. The third-order valence-electron chi connectivity index (χ3n) is 4.18. The van der Waals surface area contributed by atoms with Crippen LogP contribution >= 0.6 is 0 Å². The first-order chi connectivity index (χ1) is 12.1. The molecule has 0 radical (unpaired) electrons. The fraction of sp³-hybridized carbons (Fsp3) is 0.263. The highest BCUT2D eigenvalue weighted by molar-refractivity contribution is 6.12. The fourth-order valence-corrected chi connectivity index (χ4v) is 2.78. The standard InChI is InChI=1S/C19H20FN3O2/c1-23(9-10-25-2)18-8-7-13(11-16(18)20)21-12-15-14-5-3-4-6-17(14)22-19(15)24/h3-8,11-12,15H,9-10H2,1-2H3,(H,22,24). The molecule has 0 fully saturated rings. The van der Waals surface area contributed by atoms with E-state index in [1.54, 1.807) is 37.4 Å². The molecule has 1 atom stereocenters. The normalized spacial score (nSPS) is 16.1. The van der Waals surface area contributed by atoms with E-state index in [2.05, 4.69) is 10.3 Å². The Balaban J connectivity index is 1.76. The SMILES string of the molecule is COCCN(C)c1ccc(N=CC2C(=O)Nc3ccccc32)cc1F. The van der Waals surface area contributed by atoms with Crippen molar-refractivity contribution >= 4 is 29.2 Å². The second-order valence-electron chi connectivity index (χ2n) is 5.88. The number of halogens is 1. The van der Waals surface area contributed by atoms with Crippen LogP contribution in [0, 0.1) is 5.82 Å². The number of likely N-dealkylation sites (N-methyl/N-ethyl adjacent to an activating group) is 1. The molecule has 1 amide bonds. The van der Waals surface area contributed by atoms with Crippen LogP contribution in [-0.2, 0) is 9.53 Å². The molecule has 0 saturated heterocycles. The van der Waals surface area contributed by atoms with Crippen LogP contribution < -0.4 is 10.2 Å². The zero-order chi connectivity index (χ0) is 17.8. The van der Waals surface area contributed by atoms with Gasteiger partial charge >= 0.3 is 0 Å². The van der Waals surface area contributed by atoms with Crippen LogP contribution in [-0.4, -0.2) is 39.4 Å². The van der Waals surface area contributed by atoms with Gasteiger partial charge in [0.05, 0.1) is 18.0 Å². The second kappa shape index (κ2) is 7.44. The summed E-state index contributed by atoms with van der Waals surface area (Å²) in [5.74, 6) is -0.936. The zero-order valence-corrected chi connectivity index (χ0v) is 14.2. The molecule has 0 aliphatic carbocycles. The molecule has 1 aliphatic heterocycles. The van der Waals surface area contributed by atoms with Crippen LogP contribution in [0.3, 0.4) is 0 Å². The first-order valence-corrected chi connectivity index (χ1v) is 8.03. The van der Waals surface area contributed by atoms with Gasteiger partial charge in [-0.2, -0.15) is 0 Å². The number of anilines is 2. The Morgan fingerprint density at radius 2 is 2.12 bits per heavy atom. The third kappa shape index (κ3) is 3.69. The van der Waals surface area contributed by atoms with Crippen LogP contribution in [0.5, 0.6) is 0 Å². The van der Waals surface area contributed by atoms with Crippen molar-refractivity contribution in [1.29, 1.82) is 0 Å². The summed E-state index contributed by atoms with van der Waals surface area (Å²) < 4.78 is 19.3. The van der Waals surface area contributed by atoms with Gasteiger partial charge in [-0.05, 0) is 23.8 Å². The highest BCUT2D eigenvalue weighted by atomic mass is 19.1. The molecule has 0 saturated carbocycles. The quantitative estimate of drug-likeness (QED) is 0.820. The number of benzene rings is 2. The largest absolute Gasteiger partial charge is 0.383 e. The maximum Gasteiger partial charge on any atom is 0.237 e. The van der Waals surface area contributed by atoms with Gasteiger partial charge in [0, 0.05) is 38.7 Å². The summed E-state index contributed by atoms with van der Waals surface area (Å²) >= 11 is 0. The van der Waals surface area contributed by atoms with Crippen molar-refractivity contribution in [1.82, 2.24) is 0 Å². The number of aliphatic imine (C=N–C) groups is 1. The van der Waals surface area contributed by atoms with Gasteiger partial charge in [-0.15, -0.1) is 0 Å². The summed E-state index contributed by atoms with van der Waals surface area (Å²) in [6.07, 6.45) is 1.56. The van der Waals surface area contributed by atoms with Crippen LogP contribution in [0.2, 0.25) is 0 Å². The summed E-state index contributed by atoms with van der Waals surface area (Å²) in [5, 5.41) is 2.82. The molecule has 2 aromatic rings. The number of hydrogen-bond donors (Lipinski definition) is 1. The van der Waals surface area contributed by atoms with Gasteiger partial charge < -0.3 is 15.0 Å². The highest BCUT2D eigenvalue weighted by Crippen LogP contribution is 2.31. The van der Waals surface area contributed by atoms with Crippen molar-refractivity contribution in [3.8, 4) is 0 Å². The summed E-state index contributed by atoms with van der Waals surface area (Å²) in [4.78, 5) is 18.1. The maximum absolute atomic E-state index is 14.3. The van der Waals surface area contributed by atoms with E-state index >= 15 is 0 Å². The van der Waals surface area contributed by atoms with E-state index < -0.39 is 5.92 Å². The average molecular weight is 341 g/mol. The molecule has 1 aliphatic rings. The molecule has 1 heterocycles. The van der Waals surface area contributed by atoms with Crippen molar-refractivity contribution < 1.29 is 13.9 Å². The number of fused-ring (bicyclic) bond motifs is 1. The molecule has 2 aromatic carbocycles. The summed E-state index contributed by atoms with van der Waals surface area (Å²) in [6.45, 7) is 1.11. The van der Waals surface area contributed by atoms with Crippen LogP contribution in [0.1, 0.15) is 11.5 Å². The number of carbonyl (C=O) groups excluding carboxylic acids is 1. The number of methoxy groups -OCH3 is 1. The number of ether oxygens (including phenoxy) is 1. The Kier molecular flexibility index (Phi) is 5.09. The number of nitrogens with zero attached hydrogens (tertiary/aromatic N) is 2. The maximum atomic E-state index is 14.3. The zero-order valence-electron chi connectivity index (χ0n) is 14.2. The number of amides is 1. The fourth-order valence-electron chi connectivity index (χ4n) is 2.78. The molecular weight excluding hydrogens is 321 g/mol. The number of rotatable bonds is 6.